The fourth-order valence-electron chi connectivity index (χ4n) is 0.687. The molecule has 0 spiro atoms. The van der Waals surface area contributed by atoms with E-state index in [-0.39, 0.29) is 0 Å². The Labute approximate surface area is 77.6 Å². The fraction of sp³-hybridized carbons (Fsp3) is 0.200. The van der Waals surface area contributed by atoms with Crippen molar-refractivity contribution in [2.75, 3.05) is 7.11 Å². The van der Waals surface area contributed by atoms with Crippen LogP contribution in [0.15, 0.2) is 30.3 Å². The molecule has 0 unspecified atom stereocenters. The van der Waals surface area contributed by atoms with Gasteiger partial charge in [0.15, 0.2) is 0 Å². The fourth-order valence-corrected chi connectivity index (χ4v) is 0.687. The maximum Gasteiger partial charge on any atom is 0.292 e. The molecule has 0 heterocycles. The first-order chi connectivity index (χ1) is 6.35. The molecule has 0 bridgehead atoms. The molecule has 0 radical (unpaired) electrons. The molecule has 1 aromatic carbocycles. The summed E-state index contributed by atoms with van der Waals surface area (Å²) in [6.45, 7) is 0.375. The number of methoxy groups -OCH3 is 1. The average molecular weight is 177 g/mol. The number of rotatable bonds is 2. The van der Waals surface area contributed by atoms with E-state index in [0.717, 1.165) is 5.56 Å². The summed E-state index contributed by atoms with van der Waals surface area (Å²) in [6, 6.07) is 11.8. The second-order valence-corrected chi connectivity index (χ2v) is 2.15. The highest BCUT2D eigenvalue weighted by atomic mass is 16.5. The molecule has 0 aliphatic carbocycles. The van der Waals surface area contributed by atoms with Gasteiger partial charge in [-0.1, -0.05) is 30.3 Å². The normalized spacial score (nSPS) is 7.38. The molecule has 0 N–H and O–H groups in total. The van der Waals surface area contributed by atoms with Crippen molar-refractivity contribution in [1.82, 2.24) is 0 Å². The number of carbonyl (C=O) groups is 1. The summed E-state index contributed by atoms with van der Waals surface area (Å²) in [7, 11) is 1.31. The summed E-state index contributed by atoms with van der Waals surface area (Å²) in [5.74, 6) is 0. The second-order valence-electron chi connectivity index (χ2n) is 2.15. The van der Waals surface area contributed by atoms with Gasteiger partial charge in [0, 0.05) is 0 Å². The molecule has 13 heavy (non-hydrogen) atoms. The summed E-state index contributed by atoms with van der Waals surface area (Å²) in [6.07, 6.45) is 0.515. The SMILES string of the molecule is COC=O.N#CCc1ccccc1. The monoisotopic (exact) mass is 177 g/mol. The minimum absolute atomic E-state index is 0.375. The van der Waals surface area contributed by atoms with Crippen molar-refractivity contribution in [3.63, 3.8) is 0 Å². The molecular formula is C10H11NO2. The third-order valence-corrected chi connectivity index (χ3v) is 1.22. The number of hydrogen-bond donors (Lipinski definition) is 0. The summed E-state index contributed by atoms with van der Waals surface area (Å²) < 4.78 is 3.86. The van der Waals surface area contributed by atoms with E-state index >= 15 is 0 Å². The van der Waals surface area contributed by atoms with Gasteiger partial charge in [-0.25, -0.2) is 0 Å². The smallest absolute Gasteiger partial charge is 0.292 e. The molecule has 0 amide bonds. The van der Waals surface area contributed by atoms with Crippen LogP contribution in [0.2, 0.25) is 0 Å². The number of ether oxygens (including phenoxy) is 1. The molecule has 0 aromatic heterocycles. The predicted molar refractivity (Wildman–Crippen MR) is 48.8 cm³/mol. The first kappa shape index (κ1) is 11.2. The average Bonchev–Trinajstić information content (AvgIpc) is 2.20. The highest BCUT2D eigenvalue weighted by Crippen LogP contribution is 1.96. The Bertz CT molecular complexity index is 264. The van der Waals surface area contributed by atoms with Crippen LogP contribution >= 0.6 is 0 Å². The van der Waals surface area contributed by atoms with E-state index in [9.17, 15) is 0 Å². The van der Waals surface area contributed by atoms with E-state index in [1.54, 1.807) is 0 Å². The summed E-state index contributed by atoms with van der Waals surface area (Å²) in [5, 5.41) is 8.27. The lowest BCUT2D eigenvalue weighted by Gasteiger charge is -1.88. The lowest BCUT2D eigenvalue weighted by atomic mass is 10.2. The van der Waals surface area contributed by atoms with Crippen LogP contribution < -0.4 is 0 Å². The van der Waals surface area contributed by atoms with Crippen LogP contribution in [0.5, 0.6) is 0 Å². The highest BCUT2D eigenvalue weighted by Gasteiger charge is 1.84. The van der Waals surface area contributed by atoms with E-state index in [1.807, 2.05) is 30.3 Å². The zero-order chi connectivity index (χ0) is 9.94. The Morgan fingerprint density at radius 2 is 2.00 bits per heavy atom. The maximum atomic E-state index is 8.95. The first-order valence-corrected chi connectivity index (χ1v) is 3.72. The van der Waals surface area contributed by atoms with Gasteiger partial charge in [-0.3, -0.25) is 4.79 Å². The minimum Gasteiger partial charge on any atom is -0.471 e. The molecule has 0 saturated heterocycles. The molecule has 1 rings (SSSR count). The van der Waals surface area contributed by atoms with Gasteiger partial charge >= 0.3 is 0 Å². The largest absolute Gasteiger partial charge is 0.471 e. The zero-order valence-electron chi connectivity index (χ0n) is 7.43. The Hall–Kier alpha value is -1.82. The van der Waals surface area contributed by atoms with Crippen molar-refractivity contribution >= 4 is 6.47 Å². The van der Waals surface area contributed by atoms with E-state index in [4.69, 9.17) is 10.1 Å². The van der Waals surface area contributed by atoms with E-state index in [2.05, 4.69) is 10.8 Å². The molecule has 0 atom stereocenters. The molecule has 1 aromatic rings. The van der Waals surface area contributed by atoms with Crippen molar-refractivity contribution in [2.45, 2.75) is 6.42 Å². The Morgan fingerprint density at radius 3 is 2.38 bits per heavy atom. The Kier molecular flexibility index (Phi) is 7.12. The van der Waals surface area contributed by atoms with Gasteiger partial charge in [0.2, 0.25) is 0 Å². The van der Waals surface area contributed by atoms with Crippen LogP contribution in [0.1, 0.15) is 5.56 Å². The Balaban J connectivity index is 0.000000310. The predicted octanol–water partition coefficient (Wildman–Crippen LogP) is 1.54. The van der Waals surface area contributed by atoms with Gasteiger partial charge in [-0.15, -0.1) is 0 Å². The van der Waals surface area contributed by atoms with Crippen molar-refractivity contribution in [3.8, 4) is 6.07 Å². The minimum atomic E-state index is 0.375. The van der Waals surface area contributed by atoms with E-state index < -0.39 is 0 Å². The van der Waals surface area contributed by atoms with Gasteiger partial charge in [-0.2, -0.15) is 5.26 Å². The van der Waals surface area contributed by atoms with E-state index in [1.165, 1.54) is 7.11 Å². The number of carbonyl (C=O) groups excluding carboxylic acids is 1. The maximum absolute atomic E-state index is 8.95. The first-order valence-electron chi connectivity index (χ1n) is 3.72. The van der Waals surface area contributed by atoms with Gasteiger partial charge in [-0.05, 0) is 5.56 Å². The molecule has 0 fully saturated rings. The van der Waals surface area contributed by atoms with Gasteiger partial charge in [0.25, 0.3) is 6.47 Å². The lowest BCUT2D eigenvalue weighted by Crippen LogP contribution is -1.76. The number of nitriles is 1. The van der Waals surface area contributed by atoms with Crippen molar-refractivity contribution in [1.29, 1.82) is 5.26 Å². The summed E-state index contributed by atoms with van der Waals surface area (Å²) in [5.41, 5.74) is 1.08. The number of hydrogen-bond acceptors (Lipinski definition) is 3. The molecule has 0 aliphatic rings. The molecule has 0 saturated carbocycles. The van der Waals surface area contributed by atoms with Crippen LogP contribution in [0.4, 0.5) is 0 Å². The molecule has 3 heteroatoms. The molecule has 68 valence electrons. The van der Waals surface area contributed by atoms with Crippen LogP contribution in [0.3, 0.4) is 0 Å². The standard InChI is InChI=1S/C8H7N.C2H4O2/c9-7-6-8-4-2-1-3-5-8;1-4-2-3/h1-5H,6H2;2H,1H3. The van der Waals surface area contributed by atoms with Crippen LogP contribution in [0.25, 0.3) is 0 Å². The molecular weight excluding hydrogens is 166 g/mol. The topological polar surface area (TPSA) is 50.1 Å². The van der Waals surface area contributed by atoms with Crippen molar-refractivity contribution in [3.05, 3.63) is 35.9 Å². The number of nitrogens with zero attached hydrogens (tertiary/aromatic N) is 1. The van der Waals surface area contributed by atoms with Crippen molar-refractivity contribution < 1.29 is 9.53 Å². The van der Waals surface area contributed by atoms with Crippen LogP contribution in [-0.4, -0.2) is 13.6 Å². The molecule has 3 nitrogen and oxygen atoms in total. The molecule has 0 aliphatic heterocycles. The second kappa shape index (κ2) is 8.28. The Morgan fingerprint density at radius 1 is 1.46 bits per heavy atom. The third-order valence-electron chi connectivity index (χ3n) is 1.22. The van der Waals surface area contributed by atoms with Gasteiger partial charge in [0.1, 0.15) is 0 Å². The van der Waals surface area contributed by atoms with Crippen LogP contribution in [-0.2, 0) is 16.0 Å². The quantitative estimate of drug-likeness (QED) is 0.644. The van der Waals surface area contributed by atoms with Crippen LogP contribution in [0, 0.1) is 11.3 Å². The summed E-state index contributed by atoms with van der Waals surface area (Å²) in [4.78, 5) is 8.95. The zero-order valence-corrected chi connectivity index (χ0v) is 7.43. The summed E-state index contributed by atoms with van der Waals surface area (Å²) >= 11 is 0. The highest BCUT2D eigenvalue weighted by molar-refractivity contribution is 5.36. The third kappa shape index (κ3) is 6.57. The van der Waals surface area contributed by atoms with Gasteiger partial charge in [0.05, 0.1) is 19.6 Å². The van der Waals surface area contributed by atoms with Crippen molar-refractivity contribution in [2.24, 2.45) is 0 Å². The lowest BCUT2D eigenvalue weighted by molar-refractivity contribution is -0.126. The van der Waals surface area contributed by atoms with Gasteiger partial charge < -0.3 is 4.74 Å². The van der Waals surface area contributed by atoms with E-state index in [0.29, 0.717) is 12.9 Å². The number of benzene rings is 1.